The first kappa shape index (κ1) is 13.5. The fraction of sp³-hybridized carbons (Fsp3) is 0.462. The van der Waals surface area contributed by atoms with E-state index in [1.807, 2.05) is 20.8 Å². The van der Waals surface area contributed by atoms with Crippen LogP contribution in [0.3, 0.4) is 0 Å². The minimum Gasteiger partial charge on any atom is -0.478 e. The second-order valence-electron chi connectivity index (χ2n) is 4.51. The Balaban J connectivity index is 2.89. The van der Waals surface area contributed by atoms with Gasteiger partial charge in [-0.15, -0.1) is 0 Å². The number of carbonyl (C=O) groups is 1. The van der Waals surface area contributed by atoms with Crippen molar-refractivity contribution in [1.29, 1.82) is 0 Å². The van der Waals surface area contributed by atoms with Crippen LogP contribution in [0.2, 0.25) is 0 Å². The van der Waals surface area contributed by atoms with Crippen molar-refractivity contribution in [3.05, 3.63) is 29.3 Å². The third kappa shape index (κ3) is 3.46. The lowest BCUT2D eigenvalue weighted by Gasteiger charge is -2.22. The highest BCUT2D eigenvalue weighted by Gasteiger charge is 2.13. The summed E-state index contributed by atoms with van der Waals surface area (Å²) < 4.78 is 0. The molecule has 0 fully saturated rings. The quantitative estimate of drug-likeness (QED) is 0.733. The second kappa shape index (κ2) is 5.68. The second-order valence-corrected chi connectivity index (χ2v) is 4.51. The van der Waals surface area contributed by atoms with E-state index < -0.39 is 5.97 Å². The summed E-state index contributed by atoms with van der Waals surface area (Å²) in [6, 6.07) is 4.90. The molecule has 0 heterocycles. The lowest BCUT2D eigenvalue weighted by atomic mass is 10.0. The van der Waals surface area contributed by atoms with Gasteiger partial charge in [0.2, 0.25) is 0 Å². The fourth-order valence-electron chi connectivity index (χ4n) is 1.58. The van der Waals surface area contributed by atoms with Crippen molar-refractivity contribution < 1.29 is 15.0 Å². The Morgan fingerprint density at radius 1 is 1.41 bits per heavy atom. The average Bonchev–Trinajstić information content (AvgIpc) is 2.26. The summed E-state index contributed by atoms with van der Waals surface area (Å²) in [5.41, 5.74) is 2.00. The molecule has 4 nitrogen and oxygen atoms in total. The molecule has 1 aromatic rings. The Morgan fingerprint density at radius 3 is 2.47 bits per heavy atom. The monoisotopic (exact) mass is 237 g/mol. The molecule has 0 aliphatic carbocycles. The topological polar surface area (TPSA) is 69.6 Å². The number of nitrogens with one attached hydrogen (secondary N) is 1. The summed E-state index contributed by atoms with van der Waals surface area (Å²) in [5.74, 6) is -0.624. The predicted octanol–water partition coefficient (Wildman–Crippen LogP) is 2.12. The van der Waals surface area contributed by atoms with Gasteiger partial charge < -0.3 is 15.5 Å². The van der Waals surface area contributed by atoms with Crippen LogP contribution in [0, 0.1) is 12.8 Å². The number of anilines is 1. The van der Waals surface area contributed by atoms with Crippen LogP contribution in [0.4, 0.5) is 5.69 Å². The molecule has 4 heteroatoms. The molecule has 0 unspecified atom stereocenters. The number of aryl methyl sites for hydroxylation is 1. The van der Waals surface area contributed by atoms with Crippen molar-refractivity contribution >= 4 is 11.7 Å². The molecule has 0 spiro atoms. The van der Waals surface area contributed by atoms with Crippen LogP contribution in [0.15, 0.2) is 18.2 Å². The van der Waals surface area contributed by atoms with Crippen molar-refractivity contribution in [3.8, 4) is 0 Å². The van der Waals surface area contributed by atoms with E-state index in [1.54, 1.807) is 18.2 Å². The van der Waals surface area contributed by atoms with Gasteiger partial charge in [0.05, 0.1) is 18.2 Å². The number of benzene rings is 1. The van der Waals surface area contributed by atoms with Gasteiger partial charge >= 0.3 is 5.97 Å². The van der Waals surface area contributed by atoms with E-state index in [9.17, 15) is 9.90 Å². The summed E-state index contributed by atoms with van der Waals surface area (Å²) in [7, 11) is 0. The summed E-state index contributed by atoms with van der Waals surface area (Å²) in [5, 5.41) is 21.3. The zero-order chi connectivity index (χ0) is 13.0. The number of rotatable bonds is 5. The van der Waals surface area contributed by atoms with Gasteiger partial charge in [0.1, 0.15) is 0 Å². The molecule has 0 aromatic heterocycles. The first-order chi connectivity index (χ1) is 7.95. The van der Waals surface area contributed by atoms with Crippen LogP contribution in [0.1, 0.15) is 29.8 Å². The van der Waals surface area contributed by atoms with Gasteiger partial charge in [-0.2, -0.15) is 0 Å². The van der Waals surface area contributed by atoms with E-state index in [0.29, 0.717) is 5.92 Å². The van der Waals surface area contributed by atoms with Crippen LogP contribution in [0.25, 0.3) is 0 Å². The normalized spacial score (nSPS) is 12.5. The SMILES string of the molecule is Cc1cc(C(=O)O)ccc1N[C@H](CO)C(C)C. The van der Waals surface area contributed by atoms with E-state index in [1.165, 1.54) is 0 Å². The van der Waals surface area contributed by atoms with E-state index >= 15 is 0 Å². The summed E-state index contributed by atoms with van der Waals surface area (Å²) in [6.07, 6.45) is 0. The van der Waals surface area contributed by atoms with E-state index in [-0.39, 0.29) is 18.2 Å². The molecular weight excluding hydrogens is 218 g/mol. The molecule has 1 atom stereocenters. The number of aliphatic hydroxyl groups excluding tert-OH is 1. The Kier molecular flexibility index (Phi) is 4.52. The largest absolute Gasteiger partial charge is 0.478 e. The minimum absolute atomic E-state index is 0.0237. The zero-order valence-electron chi connectivity index (χ0n) is 10.4. The van der Waals surface area contributed by atoms with Crippen LogP contribution in [0.5, 0.6) is 0 Å². The molecule has 0 saturated heterocycles. The van der Waals surface area contributed by atoms with Crippen molar-refractivity contribution in [2.24, 2.45) is 5.92 Å². The number of aromatic carboxylic acids is 1. The molecule has 1 aromatic carbocycles. The fourth-order valence-corrected chi connectivity index (χ4v) is 1.58. The van der Waals surface area contributed by atoms with E-state index in [4.69, 9.17) is 5.11 Å². The number of carboxylic acid groups (broad SMARTS) is 1. The van der Waals surface area contributed by atoms with Gasteiger partial charge in [0.25, 0.3) is 0 Å². The predicted molar refractivity (Wildman–Crippen MR) is 67.5 cm³/mol. The van der Waals surface area contributed by atoms with E-state index in [0.717, 1.165) is 11.3 Å². The maximum atomic E-state index is 10.8. The summed E-state index contributed by atoms with van der Waals surface area (Å²) in [6.45, 7) is 5.95. The Labute approximate surface area is 101 Å². The molecule has 0 saturated carbocycles. The number of carboxylic acids is 1. The van der Waals surface area contributed by atoms with Gasteiger partial charge in [-0.3, -0.25) is 0 Å². The molecule has 0 radical (unpaired) electrons. The molecule has 17 heavy (non-hydrogen) atoms. The van der Waals surface area contributed by atoms with Crippen molar-refractivity contribution in [2.45, 2.75) is 26.8 Å². The highest BCUT2D eigenvalue weighted by molar-refractivity contribution is 5.88. The van der Waals surface area contributed by atoms with Crippen LogP contribution >= 0.6 is 0 Å². The number of aliphatic hydroxyl groups is 1. The Hall–Kier alpha value is -1.55. The first-order valence-electron chi connectivity index (χ1n) is 5.67. The minimum atomic E-state index is -0.929. The average molecular weight is 237 g/mol. The zero-order valence-corrected chi connectivity index (χ0v) is 10.4. The van der Waals surface area contributed by atoms with Crippen molar-refractivity contribution in [3.63, 3.8) is 0 Å². The molecule has 0 aliphatic heterocycles. The van der Waals surface area contributed by atoms with Crippen LogP contribution in [-0.2, 0) is 0 Å². The number of hydrogen-bond acceptors (Lipinski definition) is 3. The third-order valence-electron chi connectivity index (χ3n) is 2.82. The third-order valence-corrected chi connectivity index (χ3v) is 2.82. The van der Waals surface area contributed by atoms with Crippen LogP contribution in [-0.4, -0.2) is 28.8 Å². The molecular formula is C13H19NO3. The highest BCUT2D eigenvalue weighted by atomic mass is 16.4. The molecule has 1 rings (SSSR count). The first-order valence-corrected chi connectivity index (χ1v) is 5.67. The van der Waals surface area contributed by atoms with Gasteiger partial charge in [-0.1, -0.05) is 13.8 Å². The van der Waals surface area contributed by atoms with Crippen molar-refractivity contribution in [1.82, 2.24) is 0 Å². The smallest absolute Gasteiger partial charge is 0.335 e. The maximum absolute atomic E-state index is 10.8. The van der Waals surface area contributed by atoms with Gasteiger partial charge in [0, 0.05) is 5.69 Å². The van der Waals surface area contributed by atoms with Gasteiger partial charge in [-0.25, -0.2) is 4.79 Å². The standard InChI is InChI=1S/C13H19NO3/c1-8(2)12(7-15)14-11-5-4-10(13(16)17)6-9(11)3/h4-6,8,12,14-15H,7H2,1-3H3,(H,16,17)/t12-/m1/s1. The molecule has 0 aliphatic rings. The van der Waals surface area contributed by atoms with Crippen LogP contribution < -0.4 is 5.32 Å². The van der Waals surface area contributed by atoms with Gasteiger partial charge in [-0.05, 0) is 36.6 Å². The summed E-state index contributed by atoms with van der Waals surface area (Å²) in [4.78, 5) is 10.8. The maximum Gasteiger partial charge on any atom is 0.335 e. The van der Waals surface area contributed by atoms with Crippen molar-refractivity contribution in [2.75, 3.05) is 11.9 Å². The lowest BCUT2D eigenvalue weighted by molar-refractivity contribution is 0.0697. The lowest BCUT2D eigenvalue weighted by Crippen LogP contribution is -2.29. The van der Waals surface area contributed by atoms with Gasteiger partial charge in [0.15, 0.2) is 0 Å². The summed E-state index contributed by atoms with van der Waals surface area (Å²) >= 11 is 0. The van der Waals surface area contributed by atoms with E-state index in [2.05, 4.69) is 5.32 Å². The molecule has 3 N–H and O–H groups in total. The molecule has 94 valence electrons. The molecule has 0 bridgehead atoms. The number of hydrogen-bond donors (Lipinski definition) is 3. The Morgan fingerprint density at radius 2 is 2.06 bits per heavy atom. The molecule has 0 amide bonds. The highest BCUT2D eigenvalue weighted by Crippen LogP contribution is 2.19. The Bertz CT molecular complexity index is 402.